The molecular weight excluding hydrogens is 274 g/mol. The molecule has 1 aromatic carbocycles. The molecule has 1 heterocycles. The number of hydrogen-bond acceptors (Lipinski definition) is 4. The molecule has 0 spiro atoms. The predicted octanol–water partition coefficient (Wildman–Crippen LogP) is 3.08. The molecule has 0 N–H and O–H groups in total. The molecule has 0 radical (unpaired) electrons. The van der Waals surface area contributed by atoms with E-state index in [1.54, 1.807) is 18.9 Å². The quantitative estimate of drug-likeness (QED) is 0.808. The van der Waals surface area contributed by atoms with Gasteiger partial charge in [0.2, 0.25) is 5.91 Å². The van der Waals surface area contributed by atoms with Gasteiger partial charge in [-0.2, -0.15) is 0 Å². The maximum Gasteiger partial charge on any atom is 0.233 e. The summed E-state index contributed by atoms with van der Waals surface area (Å²) in [7, 11) is 1.63. The molecule has 5 heteroatoms. The van der Waals surface area contributed by atoms with Gasteiger partial charge in [-0.15, -0.1) is 11.8 Å². The van der Waals surface area contributed by atoms with E-state index in [1.807, 2.05) is 30.0 Å². The van der Waals surface area contributed by atoms with E-state index in [4.69, 9.17) is 9.47 Å². The summed E-state index contributed by atoms with van der Waals surface area (Å²) in [4.78, 5) is 13.9. The van der Waals surface area contributed by atoms with Crippen LogP contribution in [-0.2, 0) is 4.79 Å². The molecule has 20 heavy (non-hydrogen) atoms. The van der Waals surface area contributed by atoms with Crippen LogP contribution in [-0.4, -0.2) is 36.8 Å². The number of thioether (sulfide) groups is 1. The third-order valence-corrected chi connectivity index (χ3v) is 4.46. The molecule has 0 aromatic heterocycles. The SMILES string of the molecule is CCCN1C(=O)CSC1c1ccc(OC)c(OCC)c1. The van der Waals surface area contributed by atoms with Crippen molar-refractivity contribution in [2.45, 2.75) is 25.6 Å². The fraction of sp³-hybridized carbons (Fsp3) is 0.533. The summed E-state index contributed by atoms with van der Waals surface area (Å²) >= 11 is 1.67. The monoisotopic (exact) mass is 295 g/mol. The minimum atomic E-state index is 0.0903. The lowest BCUT2D eigenvalue weighted by atomic mass is 10.1. The Kier molecular flexibility index (Phi) is 5.17. The maximum absolute atomic E-state index is 11.9. The molecule has 1 unspecified atom stereocenters. The number of benzene rings is 1. The highest BCUT2D eigenvalue weighted by Crippen LogP contribution is 2.41. The van der Waals surface area contributed by atoms with Crippen molar-refractivity contribution in [3.05, 3.63) is 23.8 Å². The second-order valence-electron chi connectivity index (χ2n) is 4.59. The Morgan fingerprint density at radius 3 is 2.80 bits per heavy atom. The van der Waals surface area contributed by atoms with Crippen LogP contribution in [0.2, 0.25) is 0 Å². The standard InChI is InChI=1S/C15H21NO3S/c1-4-8-16-14(17)10-20-15(16)11-6-7-12(18-3)13(9-11)19-5-2/h6-7,9,15H,4-5,8,10H2,1-3H3. The van der Waals surface area contributed by atoms with Crippen LogP contribution in [0.25, 0.3) is 0 Å². The number of rotatable bonds is 6. The Bertz CT molecular complexity index is 478. The molecule has 0 aliphatic carbocycles. The minimum absolute atomic E-state index is 0.0903. The fourth-order valence-corrected chi connectivity index (χ4v) is 3.54. The van der Waals surface area contributed by atoms with Crippen molar-refractivity contribution >= 4 is 17.7 Å². The zero-order valence-corrected chi connectivity index (χ0v) is 13.0. The Morgan fingerprint density at radius 1 is 1.35 bits per heavy atom. The van der Waals surface area contributed by atoms with Crippen molar-refractivity contribution in [1.29, 1.82) is 0 Å². The summed E-state index contributed by atoms with van der Waals surface area (Å²) in [6, 6.07) is 5.91. The molecule has 1 aromatic rings. The van der Waals surface area contributed by atoms with Crippen molar-refractivity contribution < 1.29 is 14.3 Å². The largest absolute Gasteiger partial charge is 0.493 e. The van der Waals surface area contributed by atoms with Crippen molar-refractivity contribution in [2.75, 3.05) is 26.0 Å². The van der Waals surface area contributed by atoms with Gasteiger partial charge in [0, 0.05) is 6.54 Å². The van der Waals surface area contributed by atoms with Crippen LogP contribution in [0.15, 0.2) is 18.2 Å². The first kappa shape index (κ1) is 15.0. The van der Waals surface area contributed by atoms with Gasteiger partial charge >= 0.3 is 0 Å². The predicted molar refractivity (Wildman–Crippen MR) is 81.4 cm³/mol. The van der Waals surface area contributed by atoms with Gasteiger partial charge in [0.1, 0.15) is 5.37 Å². The highest BCUT2D eigenvalue weighted by Gasteiger charge is 2.32. The molecule has 1 aliphatic rings. The number of amides is 1. The van der Waals surface area contributed by atoms with E-state index >= 15 is 0 Å². The topological polar surface area (TPSA) is 38.8 Å². The third-order valence-electron chi connectivity index (χ3n) is 3.21. The molecule has 1 atom stereocenters. The Labute approximate surface area is 124 Å². The van der Waals surface area contributed by atoms with E-state index in [9.17, 15) is 4.79 Å². The van der Waals surface area contributed by atoms with Gasteiger partial charge in [0.05, 0.1) is 19.5 Å². The second-order valence-corrected chi connectivity index (χ2v) is 5.66. The first-order valence-corrected chi connectivity index (χ1v) is 7.97. The van der Waals surface area contributed by atoms with E-state index in [-0.39, 0.29) is 11.3 Å². The molecular formula is C15H21NO3S. The Hall–Kier alpha value is -1.36. The van der Waals surface area contributed by atoms with Crippen LogP contribution >= 0.6 is 11.8 Å². The molecule has 4 nitrogen and oxygen atoms in total. The molecule has 1 amide bonds. The summed E-state index contributed by atoms with van der Waals surface area (Å²) in [6.45, 7) is 5.43. The van der Waals surface area contributed by atoms with E-state index in [2.05, 4.69) is 6.92 Å². The van der Waals surface area contributed by atoms with Gasteiger partial charge < -0.3 is 14.4 Å². The van der Waals surface area contributed by atoms with Crippen LogP contribution in [0.1, 0.15) is 31.2 Å². The average molecular weight is 295 g/mol. The van der Waals surface area contributed by atoms with Crippen molar-refractivity contribution in [3.8, 4) is 11.5 Å². The molecule has 2 rings (SSSR count). The van der Waals surface area contributed by atoms with Gasteiger partial charge in [-0.1, -0.05) is 13.0 Å². The molecule has 110 valence electrons. The summed E-state index contributed by atoms with van der Waals surface area (Å²) in [5.74, 6) is 2.24. The van der Waals surface area contributed by atoms with E-state index in [0.717, 1.165) is 30.0 Å². The van der Waals surface area contributed by atoms with Gasteiger partial charge in [-0.05, 0) is 31.0 Å². The van der Waals surface area contributed by atoms with Gasteiger partial charge in [-0.25, -0.2) is 0 Å². The number of nitrogens with zero attached hydrogens (tertiary/aromatic N) is 1. The number of methoxy groups -OCH3 is 1. The van der Waals surface area contributed by atoms with Crippen molar-refractivity contribution in [1.82, 2.24) is 4.90 Å². The van der Waals surface area contributed by atoms with Crippen LogP contribution < -0.4 is 9.47 Å². The number of ether oxygens (including phenoxy) is 2. The lowest BCUT2D eigenvalue weighted by Gasteiger charge is -2.24. The number of hydrogen-bond donors (Lipinski definition) is 0. The molecule has 1 aliphatic heterocycles. The van der Waals surface area contributed by atoms with Crippen molar-refractivity contribution in [3.63, 3.8) is 0 Å². The van der Waals surface area contributed by atoms with E-state index < -0.39 is 0 Å². The van der Waals surface area contributed by atoms with Crippen molar-refractivity contribution in [2.24, 2.45) is 0 Å². The summed E-state index contributed by atoms with van der Waals surface area (Å²) in [5, 5.41) is 0.0903. The summed E-state index contributed by atoms with van der Waals surface area (Å²) in [6.07, 6.45) is 0.970. The van der Waals surface area contributed by atoms with E-state index in [0.29, 0.717) is 12.4 Å². The lowest BCUT2D eigenvalue weighted by Crippen LogP contribution is -2.28. The zero-order valence-electron chi connectivity index (χ0n) is 12.2. The molecule has 1 fully saturated rings. The number of carbonyl (C=O) groups is 1. The van der Waals surface area contributed by atoms with Gasteiger partial charge in [0.25, 0.3) is 0 Å². The zero-order chi connectivity index (χ0) is 14.5. The first-order valence-electron chi connectivity index (χ1n) is 6.93. The smallest absolute Gasteiger partial charge is 0.233 e. The lowest BCUT2D eigenvalue weighted by molar-refractivity contribution is -0.128. The molecule has 0 saturated carbocycles. The normalized spacial score (nSPS) is 18.4. The Morgan fingerprint density at radius 2 is 2.15 bits per heavy atom. The van der Waals surface area contributed by atoms with Crippen LogP contribution in [0.4, 0.5) is 0 Å². The summed E-state index contributed by atoms with van der Waals surface area (Å²) in [5.41, 5.74) is 1.10. The fourth-order valence-electron chi connectivity index (χ4n) is 2.33. The van der Waals surface area contributed by atoms with Gasteiger partial charge in [-0.3, -0.25) is 4.79 Å². The van der Waals surface area contributed by atoms with Crippen LogP contribution in [0.5, 0.6) is 11.5 Å². The van der Waals surface area contributed by atoms with E-state index in [1.165, 1.54) is 0 Å². The third kappa shape index (κ3) is 3.03. The van der Waals surface area contributed by atoms with Crippen LogP contribution in [0, 0.1) is 0 Å². The number of carbonyl (C=O) groups excluding carboxylic acids is 1. The first-order chi connectivity index (χ1) is 9.71. The minimum Gasteiger partial charge on any atom is -0.493 e. The molecule has 1 saturated heterocycles. The highest BCUT2D eigenvalue weighted by molar-refractivity contribution is 8.00. The summed E-state index contributed by atoms with van der Waals surface area (Å²) < 4.78 is 10.9. The van der Waals surface area contributed by atoms with Gasteiger partial charge in [0.15, 0.2) is 11.5 Å². The average Bonchev–Trinajstić information content (AvgIpc) is 2.81. The Balaban J connectivity index is 2.27. The van der Waals surface area contributed by atoms with Crippen LogP contribution in [0.3, 0.4) is 0 Å². The maximum atomic E-state index is 11.9. The molecule has 0 bridgehead atoms. The highest BCUT2D eigenvalue weighted by atomic mass is 32.2. The second kappa shape index (κ2) is 6.88.